The van der Waals surface area contributed by atoms with Crippen molar-refractivity contribution in [1.82, 2.24) is 15.1 Å². The first-order valence-electron chi connectivity index (χ1n) is 7.11. The van der Waals surface area contributed by atoms with Crippen molar-refractivity contribution in [3.05, 3.63) is 17.0 Å². The standard InChI is InChI=1S/C14H26N4O.ClH/c1-5-8-11(15)14(19)16-9-10-12(6-2)17-18(4)13(10)7-3;/h11H,5-9,15H2,1-4H3,(H,16,19);1H. The Bertz CT molecular complexity index is 431. The molecular formula is C14H27ClN4O. The van der Waals surface area contributed by atoms with Crippen molar-refractivity contribution in [3.63, 3.8) is 0 Å². The van der Waals surface area contributed by atoms with E-state index >= 15 is 0 Å². The van der Waals surface area contributed by atoms with Gasteiger partial charge in [-0.05, 0) is 19.3 Å². The largest absolute Gasteiger partial charge is 0.351 e. The topological polar surface area (TPSA) is 72.9 Å². The molecule has 3 N–H and O–H groups in total. The molecule has 1 atom stereocenters. The Kier molecular flexibility index (Phi) is 8.49. The molecule has 0 aromatic carbocycles. The third-order valence-electron chi connectivity index (χ3n) is 3.40. The van der Waals surface area contributed by atoms with Crippen LogP contribution in [0.25, 0.3) is 0 Å². The first-order valence-corrected chi connectivity index (χ1v) is 7.11. The van der Waals surface area contributed by atoms with Crippen LogP contribution >= 0.6 is 12.4 Å². The van der Waals surface area contributed by atoms with Gasteiger partial charge in [0, 0.05) is 24.8 Å². The highest BCUT2D eigenvalue weighted by atomic mass is 35.5. The van der Waals surface area contributed by atoms with Gasteiger partial charge < -0.3 is 11.1 Å². The monoisotopic (exact) mass is 302 g/mol. The molecule has 0 aliphatic rings. The van der Waals surface area contributed by atoms with Crippen molar-refractivity contribution in [2.75, 3.05) is 0 Å². The minimum absolute atomic E-state index is 0. The lowest BCUT2D eigenvalue weighted by atomic mass is 10.1. The summed E-state index contributed by atoms with van der Waals surface area (Å²) in [6.07, 6.45) is 3.43. The lowest BCUT2D eigenvalue weighted by Gasteiger charge is -2.12. The van der Waals surface area contributed by atoms with Crippen LogP contribution in [0.1, 0.15) is 50.6 Å². The Labute approximate surface area is 127 Å². The third-order valence-corrected chi connectivity index (χ3v) is 3.40. The second-order valence-corrected chi connectivity index (χ2v) is 4.82. The van der Waals surface area contributed by atoms with Crippen LogP contribution in [0.2, 0.25) is 0 Å². The number of hydrogen-bond acceptors (Lipinski definition) is 3. The molecule has 5 nitrogen and oxygen atoms in total. The molecule has 0 saturated carbocycles. The third kappa shape index (κ3) is 4.49. The molecule has 1 aromatic rings. The van der Waals surface area contributed by atoms with E-state index in [4.69, 9.17) is 5.73 Å². The summed E-state index contributed by atoms with van der Waals surface area (Å²) >= 11 is 0. The molecule has 0 saturated heterocycles. The van der Waals surface area contributed by atoms with Gasteiger partial charge >= 0.3 is 0 Å². The van der Waals surface area contributed by atoms with Gasteiger partial charge in [0.25, 0.3) is 0 Å². The number of nitrogens with zero attached hydrogens (tertiary/aromatic N) is 2. The fourth-order valence-electron chi connectivity index (χ4n) is 2.34. The molecular weight excluding hydrogens is 276 g/mol. The van der Waals surface area contributed by atoms with E-state index in [-0.39, 0.29) is 18.3 Å². The Hall–Kier alpha value is -1.07. The first-order chi connectivity index (χ1) is 9.04. The van der Waals surface area contributed by atoms with Crippen LogP contribution in [0, 0.1) is 0 Å². The van der Waals surface area contributed by atoms with E-state index < -0.39 is 6.04 Å². The van der Waals surface area contributed by atoms with Crippen LogP contribution in [-0.2, 0) is 31.2 Å². The van der Waals surface area contributed by atoms with Gasteiger partial charge in [-0.25, -0.2) is 0 Å². The molecule has 0 fully saturated rings. The summed E-state index contributed by atoms with van der Waals surface area (Å²) in [4.78, 5) is 11.8. The highest BCUT2D eigenvalue weighted by Gasteiger charge is 2.16. The average molecular weight is 303 g/mol. The number of rotatable bonds is 7. The number of amides is 1. The fraction of sp³-hybridized carbons (Fsp3) is 0.714. The fourth-order valence-corrected chi connectivity index (χ4v) is 2.34. The van der Waals surface area contributed by atoms with Gasteiger partial charge in [-0.1, -0.05) is 27.2 Å². The summed E-state index contributed by atoms with van der Waals surface area (Å²) < 4.78 is 1.91. The molecule has 0 radical (unpaired) electrons. The Balaban J connectivity index is 0.00000361. The number of aromatic nitrogens is 2. The highest BCUT2D eigenvalue weighted by Crippen LogP contribution is 2.15. The molecule has 6 heteroatoms. The van der Waals surface area contributed by atoms with Gasteiger partial charge in [-0.15, -0.1) is 12.4 Å². The van der Waals surface area contributed by atoms with Crippen LogP contribution in [-0.4, -0.2) is 21.7 Å². The average Bonchev–Trinajstić information content (AvgIpc) is 2.71. The molecule has 0 spiro atoms. The predicted octanol–water partition coefficient (Wildman–Crippen LogP) is 1.71. The zero-order valence-electron chi connectivity index (χ0n) is 12.9. The van der Waals surface area contributed by atoms with Crippen molar-refractivity contribution in [3.8, 4) is 0 Å². The first kappa shape index (κ1) is 18.9. The van der Waals surface area contributed by atoms with E-state index in [2.05, 4.69) is 24.3 Å². The molecule has 20 heavy (non-hydrogen) atoms. The molecule has 1 heterocycles. The van der Waals surface area contributed by atoms with E-state index in [1.807, 2.05) is 18.7 Å². The minimum atomic E-state index is -0.406. The Morgan fingerprint density at radius 2 is 2.00 bits per heavy atom. The summed E-state index contributed by atoms with van der Waals surface area (Å²) in [6.45, 7) is 6.73. The van der Waals surface area contributed by atoms with Crippen molar-refractivity contribution in [2.24, 2.45) is 12.8 Å². The summed E-state index contributed by atoms with van der Waals surface area (Å²) in [7, 11) is 1.95. The van der Waals surface area contributed by atoms with Crippen LogP contribution in [0.15, 0.2) is 0 Å². The van der Waals surface area contributed by atoms with Crippen LogP contribution in [0.5, 0.6) is 0 Å². The van der Waals surface area contributed by atoms with Gasteiger partial charge in [0.2, 0.25) is 5.91 Å². The number of aryl methyl sites for hydroxylation is 2. The van der Waals surface area contributed by atoms with Crippen LogP contribution in [0.4, 0.5) is 0 Å². The number of carbonyl (C=O) groups is 1. The molecule has 0 bridgehead atoms. The predicted molar refractivity (Wildman–Crippen MR) is 83.9 cm³/mol. The van der Waals surface area contributed by atoms with E-state index in [1.165, 1.54) is 5.69 Å². The molecule has 1 rings (SSSR count). The lowest BCUT2D eigenvalue weighted by Crippen LogP contribution is -2.40. The molecule has 1 aromatic heterocycles. The quantitative estimate of drug-likeness (QED) is 0.805. The molecule has 0 aliphatic carbocycles. The summed E-state index contributed by atoms with van der Waals surface area (Å²) in [5.74, 6) is -0.0743. The van der Waals surface area contributed by atoms with E-state index in [0.717, 1.165) is 36.9 Å². The number of hydrogen-bond donors (Lipinski definition) is 2. The van der Waals surface area contributed by atoms with Gasteiger partial charge in [0.15, 0.2) is 0 Å². The van der Waals surface area contributed by atoms with Gasteiger partial charge in [0.05, 0.1) is 11.7 Å². The second-order valence-electron chi connectivity index (χ2n) is 4.82. The number of carbonyl (C=O) groups excluding carboxylic acids is 1. The highest BCUT2D eigenvalue weighted by molar-refractivity contribution is 5.85. The maximum absolute atomic E-state index is 11.8. The number of nitrogens with two attached hydrogens (primary N) is 1. The number of nitrogens with one attached hydrogen (secondary N) is 1. The zero-order chi connectivity index (χ0) is 14.4. The summed E-state index contributed by atoms with van der Waals surface area (Å²) in [6, 6.07) is -0.406. The molecule has 0 aliphatic heterocycles. The minimum Gasteiger partial charge on any atom is -0.351 e. The SMILES string of the molecule is CCCC(N)C(=O)NCc1c(CC)nn(C)c1CC.Cl. The Morgan fingerprint density at radius 1 is 1.35 bits per heavy atom. The van der Waals surface area contributed by atoms with Crippen molar-refractivity contribution >= 4 is 18.3 Å². The molecule has 1 amide bonds. The maximum Gasteiger partial charge on any atom is 0.237 e. The van der Waals surface area contributed by atoms with E-state index in [1.54, 1.807) is 0 Å². The maximum atomic E-state index is 11.8. The summed E-state index contributed by atoms with van der Waals surface area (Å²) in [5.41, 5.74) is 9.19. The Morgan fingerprint density at radius 3 is 2.50 bits per heavy atom. The molecule has 116 valence electrons. The van der Waals surface area contributed by atoms with Gasteiger partial charge in [-0.2, -0.15) is 5.10 Å². The van der Waals surface area contributed by atoms with E-state index in [9.17, 15) is 4.79 Å². The lowest BCUT2D eigenvalue weighted by molar-refractivity contribution is -0.122. The molecule has 1 unspecified atom stereocenters. The van der Waals surface area contributed by atoms with Gasteiger partial charge in [0.1, 0.15) is 0 Å². The normalized spacial score (nSPS) is 11.8. The second kappa shape index (κ2) is 8.97. The van der Waals surface area contributed by atoms with Crippen molar-refractivity contribution in [1.29, 1.82) is 0 Å². The smallest absolute Gasteiger partial charge is 0.237 e. The zero-order valence-corrected chi connectivity index (χ0v) is 13.7. The van der Waals surface area contributed by atoms with Crippen LogP contribution < -0.4 is 11.1 Å². The van der Waals surface area contributed by atoms with Crippen molar-refractivity contribution < 1.29 is 4.79 Å². The van der Waals surface area contributed by atoms with Gasteiger partial charge in [-0.3, -0.25) is 9.48 Å². The van der Waals surface area contributed by atoms with Crippen molar-refractivity contribution in [2.45, 2.75) is 59.0 Å². The van der Waals surface area contributed by atoms with E-state index in [0.29, 0.717) is 6.54 Å². The van der Waals surface area contributed by atoms with Crippen LogP contribution in [0.3, 0.4) is 0 Å². The number of halogens is 1. The summed E-state index contributed by atoms with van der Waals surface area (Å²) in [5, 5.41) is 7.42.